The second-order valence-corrected chi connectivity index (χ2v) is 5.92. The third-order valence-electron chi connectivity index (χ3n) is 2.93. The lowest BCUT2D eigenvalue weighted by Crippen LogP contribution is -2.02. The summed E-state index contributed by atoms with van der Waals surface area (Å²) in [7, 11) is 1.60. The molecule has 21 heavy (non-hydrogen) atoms. The number of hydrogen-bond donors (Lipinski definition) is 2. The minimum atomic E-state index is 0.108. The van der Waals surface area contributed by atoms with Gasteiger partial charge in [0.05, 0.1) is 13.3 Å². The summed E-state index contributed by atoms with van der Waals surface area (Å²) < 4.78 is 12.2. The molecule has 0 radical (unpaired) electrons. The molecule has 0 saturated heterocycles. The number of nitrogens with two attached hydrogens (primary N) is 2. The highest BCUT2D eigenvalue weighted by Crippen LogP contribution is 2.38. The van der Waals surface area contributed by atoms with Crippen LogP contribution in [0.15, 0.2) is 18.3 Å². The SMILES string of the molecule is COc1cc(C(C)C)c(I)cc1Oc1cnc(N)nc1N. The first kappa shape index (κ1) is 15.6. The number of benzene rings is 1. The molecule has 0 unspecified atom stereocenters. The van der Waals surface area contributed by atoms with Crippen molar-refractivity contribution in [3.63, 3.8) is 0 Å². The highest BCUT2D eigenvalue weighted by molar-refractivity contribution is 14.1. The van der Waals surface area contributed by atoms with E-state index in [1.807, 2.05) is 12.1 Å². The molecule has 0 aliphatic carbocycles. The van der Waals surface area contributed by atoms with Gasteiger partial charge < -0.3 is 20.9 Å². The molecule has 1 aromatic heterocycles. The smallest absolute Gasteiger partial charge is 0.222 e. The number of halogens is 1. The van der Waals surface area contributed by atoms with Crippen molar-refractivity contribution in [3.05, 3.63) is 27.5 Å². The van der Waals surface area contributed by atoms with Gasteiger partial charge in [0.1, 0.15) is 0 Å². The van der Waals surface area contributed by atoms with Crippen molar-refractivity contribution < 1.29 is 9.47 Å². The lowest BCUT2D eigenvalue weighted by molar-refractivity contribution is 0.377. The fourth-order valence-electron chi connectivity index (χ4n) is 1.83. The summed E-state index contributed by atoms with van der Waals surface area (Å²) in [5, 5.41) is 0. The van der Waals surface area contributed by atoms with Crippen LogP contribution in [0.1, 0.15) is 25.3 Å². The monoisotopic (exact) mass is 400 g/mol. The molecule has 2 aromatic rings. The zero-order chi connectivity index (χ0) is 15.6. The molecule has 0 fully saturated rings. The van der Waals surface area contributed by atoms with Crippen molar-refractivity contribution in [3.8, 4) is 17.2 Å². The van der Waals surface area contributed by atoms with Crippen LogP contribution < -0.4 is 20.9 Å². The van der Waals surface area contributed by atoms with Crippen LogP contribution in [0.5, 0.6) is 17.2 Å². The molecular formula is C14H17IN4O2. The average molecular weight is 400 g/mol. The summed E-state index contributed by atoms with van der Waals surface area (Å²) in [6, 6.07) is 3.88. The lowest BCUT2D eigenvalue weighted by atomic mass is 10.0. The second-order valence-electron chi connectivity index (χ2n) is 4.76. The average Bonchev–Trinajstić information content (AvgIpc) is 2.41. The van der Waals surface area contributed by atoms with E-state index < -0.39 is 0 Å². The molecule has 0 spiro atoms. The van der Waals surface area contributed by atoms with Crippen LogP contribution in [-0.2, 0) is 0 Å². The Morgan fingerprint density at radius 2 is 1.86 bits per heavy atom. The van der Waals surface area contributed by atoms with Gasteiger partial charge in [0.25, 0.3) is 0 Å². The molecule has 0 aliphatic heterocycles. The van der Waals surface area contributed by atoms with E-state index in [0.29, 0.717) is 23.2 Å². The number of nitrogens with zero attached hydrogens (tertiary/aromatic N) is 2. The van der Waals surface area contributed by atoms with Crippen LogP contribution in [-0.4, -0.2) is 17.1 Å². The zero-order valence-corrected chi connectivity index (χ0v) is 14.2. The number of methoxy groups -OCH3 is 1. The Bertz CT molecular complexity index is 662. The largest absolute Gasteiger partial charge is 0.493 e. The Morgan fingerprint density at radius 3 is 2.43 bits per heavy atom. The van der Waals surface area contributed by atoms with E-state index in [-0.39, 0.29) is 11.8 Å². The van der Waals surface area contributed by atoms with Gasteiger partial charge in [-0.2, -0.15) is 4.98 Å². The quantitative estimate of drug-likeness (QED) is 0.766. The summed E-state index contributed by atoms with van der Waals surface area (Å²) >= 11 is 2.27. The van der Waals surface area contributed by atoms with Crippen molar-refractivity contribution in [2.45, 2.75) is 19.8 Å². The van der Waals surface area contributed by atoms with Crippen molar-refractivity contribution in [2.24, 2.45) is 0 Å². The van der Waals surface area contributed by atoms with Gasteiger partial charge in [-0.3, -0.25) is 0 Å². The molecule has 2 rings (SSSR count). The molecule has 7 heteroatoms. The summed E-state index contributed by atoms with van der Waals surface area (Å²) in [6.07, 6.45) is 1.44. The Labute approximate surface area is 137 Å². The molecule has 1 aromatic carbocycles. The van der Waals surface area contributed by atoms with Gasteiger partial charge in [0.2, 0.25) is 5.95 Å². The molecule has 0 amide bonds. The number of ether oxygens (including phenoxy) is 2. The van der Waals surface area contributed by atoms with Crippen LogP contribution in [0.2, 0.25) is 0 Å². The number of hydrogen-bond acceptors (Lipinski definition) is 6. The first-order chi connectivity index (χ1) is 9.92. The zero-order valence-electron chi connectivity index (χ0n) is 12.1. The van der Waals surface area contributed by atoms with Crippen molar-refractivity contribution in [1.82, 2.24) is 9.97 Å². The minimum Gasteiger partial charge on any atom is -0.493 e. The topological polar surface area (TPSA) is 96.3 Å². The Hall–Kier alpha value is -1.77. The highest BCUT2D eigenvalue weighted by atomic mass is 127. The maximum atomic E-state index is 5.78. The lowest BCUT2D eigenvalue weighted by Gasteiger charge is -2.15. The van der Waals surface area contributed by atoms with E-state index in [9.17, 15) is 0 Å². The van der Waals surface area contributed by atoms with E-state index in [4.69, 9.17) is 20.9 Å². The molecule has 1 heterocycles. The normalized spacial score (nSPS) is 10.7. The minimum absolute atomic E-state index is 0.108. The van der Waals surface area contributed by atoms with E-state index >= 15 is 0 Å². The van der Waals surface area contributed by atoms with Crippen LogP contribution in [0.3, 0.4) is 0 Å². The van der Waals surface area contributed by atoms with Crippen molar-refractivity contribution in [2.75, 3.05) is 18.6 Å². The van der Waals surface area contributed by atoms with Gasteiger partial charge in [0, 0.05) is 3.57 Å². The first-order valence-electron chi connectivity index (χ1n) is 6.35. The fourth-order valence-corrected chi connectivity index (χ4v) is 2.89. The molecule has 6 nitrogen and oxygen atoms in total. The number of rotatable bonds is 4. The van der Waals surface area contributed by atoms with Gasteiger partial charge >= 0.3 is 0 Å². The maximum absolute atomic E-state index is 5.78. The van der Waals surface area contributed by atoms with Gasteiger partial charge in [-0.1, -0.05) is 13.8 Å². The van der Waals surface area contributed by atoms with Gasteiger partial charge in [0.15, 0.2) is 23.1 Å². The predicted molar refractivity (Wildman–Crippen MR) is 90.7 cm³/mol. The van der Waals surface area contributed by atoms with E-state index in [1.54, 1.807) is 7.11 Å². The molecule has 112 valence electrons. The summed E-state index contributed by atoms with van der Waals surface area (Å²) in [5.41, 5.74) is 12.4. The van der Waals surface area contributed by atoms with E-state index in [1.165, 1.54) is 11.8 Å². The Balaban J connectivity index is 2.41. The van der Waals surface area contributed by atoms with Crippen LogP contribution >= 0.6 is 22.6 Å². The molecule has 0 atom stereocenters. The van der Waals surface area contributed by atoms with Crippen molar-refractivity contribution in [1.29, 1.82) is 0 Å². The molecule has 0 aliphatic rings. The number of aromatic nitrogens is 2. The Morgan fingerprint density at radius 1 is 1.14 bits per heavy atom. The third-order valence-corrected chi connectivity index (χ3v) is 3.86. The van der Waals surface area contributed by atoms with Crippen LogP contribution in [0.25, 0.3) is 0 Å². The fraction of sp³-hybridized carbons (Fsp3) is 0.286. The third kappa shape index (κ3) is 3.46. The molecule has 4 N–H and O–H groups in total. The van der Waals surface area contributed by atoms with Gasteiger partial charge in [-0.05, 0) is 46.2 Å². The summed E-state index contributed by atoms with van der Waals surface area (Å²) in [5.74, 6) is 2.23. The molecular weight excluding hydrogens is 383 g/mol. The summed E-state index contributed by atoms with van der Waals surface area (Å²) in [6.45, 7) is 4.26. The van der Waals surface area contributed by atoms with Gasteiger partial charge in [-0.25, -0.2) is 4.98 Å². The van der Waals surface area contributed by atoms with Crippen LogP contribution in [0.4, 0.5) is 11.8 Å². The second kappa shape index (κ2) is 6.33. The predicted octanol–water partition coefficient (Wildman–Crippen LogP) is 3.17. The van der Waals surface area contributed by atoms with Crippen LogP contribution in [0, 0.1) is 3.57 Å². The van der Waals surface area contributed by atoms with Gasteiger partial charge in [-0.15, -0.1) is 0 Å². The molecule has 0 bridgehead atoms. The summed E-state index contributed by atoms with van der Waals surface area (Å²) in [4.78, 5) is 7.75. The Kier molecular flexibility index (Phi) is 4.71. The standard InChI is InChI=1S/C14H17IN4O2/c1-7(2)8-4-10(20-3)11(5-9(8)15)21-12-6-18-14(17)19-13(12)16/h4-7H,1-3H3,(H4,16,17,18,19). The molecule has 0 saturated carbocycles. The number of anilines is 2. The van der Waals surface area contributed by atoms with Crippen molar-refractivity contribution >= 4 is 34.4 Å². The number of nitrogen functional groups attached to an aromatic ring is 2. The first-order valence-corrected chi connectivity index (χ1v) is 7.43. The maximum Gasteiger partial charge on any atom is 0.222 e. The van der Waals surface area contributed by atoms with E-state index in [0.717, 1.165) is 3.57 Å². The highest BCUT2D eigenvalue weighted by Gasteiger charge is 2.15. The van der Waals surface area contributed by atoms with E-state index in [2.05, 4.69) is 46.4 Å².